The Morgan fingerprint density at radius 1 is 1.04 bits per heavy atom. The molecule has 1 aliphatic heterocycles. The lowest BCUT2D eigenvalue weighted by molar-refractivity contribution is 0.0398. The third-order valence-electron chi connectivity index (χ3n) is 4.07. The summed E-state index contributed by atoms with van der Waals surface area (Å²) in [4.78, 5) is 2.49. The molecule has 0 amide bonds. The van der Waals surface area contributed by atoms with E-state index in [9.17, 15) is 8.42 Å². The molecule has 0 aromatic heterocycles. The van der Waals surface area contributed by atoms with Gasteiger partial charge < -0.3 is 10.1 Å². The van der Waals surface area contributed by atoms with E-state index < -0.39 is 10.0 Å². The highest BCUT2D eigenvalue weighted by Gasteiger charge is 2.16. The normalized spacial score (nSPS) is 15.6. The van der Waals surface area contributed by atoms with Gasteiger partial charge in [-0.25, -0.2) is 0 Å². The Morgan fingerprint density at radius 3 is 2.35 bits per heavy atom. The van der Waals surface area contributed by atoms with Gasteiger partial charge in [0, 0.05) is 36.9 Å². The Balaban J connectivity index is 1.54. The molecule has 1 fully saturated rings. The second-order valence-electron chi connectivity index (χ2n) is 5.95. The molecular formula is C18H21ClN3O3S. The van der Waals surface area contributed by atoms with Crippen molar-refractivity contribution >= 4 is 33.0 Å². The molecular weight excluding hydrogens is 374 g/mol. The zero-order chi connectivity index (χ0) is 18.4. The number of morpholine rings is 1. The van der Waals surface area contributed by atoms with Gasteiger partial charge >= 0.3 is 0 Å². The lowest BCUT2D eigenvalue weighted by Gasteiger charge is -2.26. The highest BCUT2D eigenvalue weighted by atomic mass is 35.5. The Labute approximate surface area is 159 Å². The molecule has 1 radical (unpaired) electrons. The van der Waals surface area contributed by atoms with E-state index >= 15 is 0 Å². The average molecular weight is 395 g/mol. The molecule has 8 heteroatoms. The summed E-state index contributed by atoms with van der Waals surface area (Å²) < 4.78 is 33.9. The zero-order valence-electron chi connectivity index (χ0n) is 14.3. The topological polar surface area (TPSA) is 72.7 Å². The van der Waals surface area contributed by atoms with Crippen LogP contribution in [-0.4, -0.2) is 52.7 Å². The molecule has 0 aliphatic carbocycles. The minimum atomic E-state index is -3.75. The first-order valence-corrected chi connectivity index (χ1v) is 10.2. The molecule has 0 unspecified atom stereocenters. The fraction of sp³-hybridized carbons (Fsp3) is 0.333. The van der Waals surface area contributed by atoms with Crippen molar-refractivity contribution in [3.05, 3.63) is 53.6 Å². The maximum Gasteiger partial charge on any atom is 0.282 e. The lowest BCUT2D eigenvalue weighted by atomic mass is 10.3. The number of hydrogen-bond acceptors (Lipinski definition) is 5. The third-order valence-corrected chi connectivity index (χ3v) is 5.64. The van der Waals surface area contributed by atoms with Crippen molar-refractivity contribution in [1.29, 1.82) is 0 Å². The van der Waals surface area contributed by atoms with Crippen molar-refractivity contribution in [1.82, 2.24) is 9.62 Å². The molecule has 139 valence electrons. The first-order chi connectivity index (χ1) is 12.5. The first-order valence-electron chi connectivity index (χ1n) is 8.40. The molecule has 0 atom stereocenters. The van der Waals surface area contributed by atoms with Crippen LogP contribution in [0, 0.1) is 0 Å². The van der Waals surface area contributed by atoms with Crippen molar-refractivity contribution in [2.24, 2.45) is 0 Å². The van der Waals surface area contributed by atoms with Gasteiger partial charge in [-0.05, 0) is 48.5 Å². The Morgan fingerprint density at radius 2 is 1.69 bits per heavy atom. The lowest BCUT2D eigenvalue weighted by Crippen LogP contribution is -2.38. The standard InChI is InChI=1S/C18H21ClN3O3S/c19-15-1-3-17(4-2-15)21-26(23,24)18-7-5-16(6-8-18)20-9-10-22-11-13-25-14-12-22/h1-8,20H,9-14H2. The van der Waals surface area contributed by atoms with Crippen molar-refractivity contribution < 1.29 is 13.2 Å². The quantitative estimate of drug-likeness (QED) is 0.781. The minimum Gasteiger partial charge on any atom is -0.384 e. The fourth-order valence-electron chi connectivity index (χ4n) is 2.62. The van der Waals surface area contributed by atoms with E-state index in [-0.39, 0.29) is 4.90 Å². The minimum absolute atomic E-state index is 0.158. The zero-order valence-corrected chi connectivity index (χ0v) is 15.8. The summed E-state index contributed by atoms with van der Waals surface area (Å²) in [5.74, 6) is 0. The first kappa shape index (κ1) is 19.0. The van der Waals surface area contributed by atoms with Crippen molar-refractivity contribution in [3.63, 3.8) is 0 Å². The fourth-order valence-corrected chi connectivity index (χ4v) is 3.73. The second kappa shape index (κ2) is 8.73. The number of hydrogen-bond donors (Lipinski definition) is 1. The predicted molar refractivity (Wildman–Crippen MR) is 103 cm³/mol. The molecule has 1 saturated heterocycles. The van der Waals surface area contributed by atoms with Gasteiger partial charge in [-0.3, -0.25) is 4.90 Å². The Kier molecular flexibility index (Phi) is 6.37. The van der Waals surface area contributed by atoms with Gasteiger partial charge in [0.15, 0.2) is 0 Å². The summed E-state index contributed by atoms with van der Waals surface area (Å²) in [5.41, 5.74) is 1.23. The Bertz CT molecular complexity index is 805. The molecule has 2 aromatic rings. The van der Waals surface area contributed by atoms with E-state index in [4.69, 9.17) is 16.3 Å². The number of anilines is 1. The van der Waals surface area contributed by atoms with E-state index in [2.05, 4.69) is 14.9 Å². The number of rotatable bonds is 7. The van der Waals surface area contributed by atoms with Gasteiger partial charge in [0.05, 0.1) is 23.8 Å². The summed E-state index contributed by atoms with van der Waals surface area (Å²) in [6.45, 7) is 5.18. The van der Waals surface area contributed by atoms with Crippen LogP contribution in [-0.2, 0) is 14.8 Å². The molecule has 0 bridgehead atoms. The van der Waals surface area contributed by atoms with Gasteiger partial charge in [-0.2, -0.15) is 13.1 Å². The number of benzene rings is 2. The molecule has 26 heavy (non-hydrogen) atoms. The molecule has 1 N–H and O–H groups in total. The van der Waals surface area contributed by atoms with Gasteiger partial charge in [0.1, 0.15) is 0 Å². The predicted octanol–water partition coefficient (Wildman–Crippen LogP) is 2.71. The molecule has 6 nitrogen and oxygen atoms in total. The van der Waals surface area contributed by atoms with Crippen LogP contribution in [0.2, 0.25) is 5.02 Å². The highest BCUT2D eigenvalue weighted by molar-refractivity contribution is 7.89. The average Bonchev–Trinajstić information content (AvgIpc) is 2.65. The van der Waals surface area contributed by atoms with Crippen LogP contribution in [0.4, 0.5) is 11.4 Å². The molecule has 0 saturated carbocycles. The van der Waals surface area contributed by atoms with Gasteiger partial charge in [0.2, 0.25) is 0 Å². The molecule has 1 aliphatic rings. The summed E-state index contributed by atoms with van der Waals surface area (Å²) in [7, 11) is -3.75. The summed E-state index contributed by atoms with van der Waals surface area (Å²) in [5, 5.41) is 3.84. The van der Waals surface area contributed by atoms with Gasteiger partial charge in [-0.1, -0.05) is 11.6 Å². The SMILES string of the molecule is O=S(=O)([N]c1ccc(Cl)cc1)c1ccc(NCCN2CCOCC2)cc1. The van der Waals surface area contributed by atoms with Crippen molar-refractivity contribution in [2.45, 2.75) is 4.90 Å². The maximum atomic E-state index is 12.4. The highest BCUT2D eigenvalue weighted by Crippen LogP contribution is 2.20. The second-order valence-corrected chi connectivity index (χ2v) is 7.99. The van der Waals surface area contributed by atoms with E-state index in [0.717, 1.165) is 45.1 Å². The summed E-state index contributed by atoms with van der Waals surface area (Å²) >= 11 is 5.80. The van der Waals surface area contributed by atoms with Crippen molar-refractivity contribution in [2.75, 3.05) is 44.7 Å². The van der Waals surface area contributed by atoms with Gasteiger partial charge in [0.25, 0.3) is 10.0 Å². The number of sulfonamides is 1. The number of ether oxygens (including phenoxy) is 1. The van der Waals surface area contributed by atoms with Crippen LogP contribution in [0.25, 0.3) is 0 Å². The smallest absolute Gasteiger partial charge is 0.282 e. The van der Waals surface area contributed by atoms with Crippen LogP contribution < -0.4 is 10.0 Å². The van der Waals surface area contributed by atoms with Crippen LogP contribution in [0.3, 0.4) is 0 Å². The summed E-state index contributed by atoms with van der Waals surface area (Å²) in [6, 6.07) is 13.0. The number of nitrogens with one attached hydrogen (secondary N) is 1. The maximum absolute atomic E-state index is 12.4. The number of nitrogens with zero attached hydrogens (tertiary/aromatic N) is 2. The van der Waals surface area contributed by atoms with Crippen LogP contribution in [0.1, 0.15) is 0 Å². The largest absolute Gasteiger partial charge is 0.384 e. The van der Waals surface area contributed by atoms with Crippen LogP contribution >= 0.6 is 11.6 Å². The van der Waals surface area contributed by atoms with Gasteiger partial charge in [-0.15, -0.1) is 0 Å². The molecule has 3 rings (SSSR count). The summed E-state index contributed by atoms with van der Waals surface area (Å²) in [6.07, 6.45) is 0. The van der Waals surface area contributed by atoms with E-state index in [1.807, 2.05) is 0 Å². The molecule has 0 spiro atoms. The van der Waals surface area contributed by atoms with E-state index in [1.165, 1.54) is 0 Å². The third kappa shape index (κ3) is 5.35. The molecule has 2 aromatic carbocycles. The van der Waals surface area contributed by atoms with Crippen LogP contribution in [0.15, 0.2) is 53.4 Å². The van der Waals surface area contributed by atoms with E-state index in [1.54, 1.807) is 48.5 Å². The van der Waals surface area contributed by atoms with Crippen LogP contribution in [0.5, 0.6) is 0 Å². The Hall–Kier alpha value is -1.80. The monoisotopic (exact) mass is 394 g/mol. The van der Waals surface area contributed by atoms with Crippen molar-refractivity contribution in [3.8, 4) is 0 Å². The van der Waals surface area contributed by atoms with E-state index in [0.29, 0.717) is 10.7 Å². The molecule has 1 heterocycles. The number of halogens is 1.